The first-order valence-corrected chi connectivity index (χ1v) is 8.57. The molecule has 0 saturated heterocycles. The van der Waals surface area contributed by atoms with Gasteiger partial charge in [0.15, 0.2) is 11.6 Å². The molecule has 1 N–H and O–H groups in total. The van der Waals surface area contributed by atoms with Crippen molar-refractivity contribution in [2.75, 3.05) is 39.9 Å². The van der Waals surface area contributed by atoms with Gasteiger partial charge in [0.25, 0.3) is 0 Å². The summed E-state index contributed by atoms with van der Waals surface area (Å²) in [6, 6.07) is 3.23. The first-order chi connectivity index (χ1) is 14.2. The Hall–Kier alpha value is -2.92. The topological polar surface area (TPSA) is 78.9 Å². The third-order valence-corrected chi connectivity index (χ3v) is 3.86. The zero-order chi connectivity index (χ0) is 22.3. The highest BCUT2D eigenvalue weighted by molar-refractivity contribution is 5.96. The van der Waals surface area contributed by atoms with Gasteiger partial charge in [0.05, 0.1) is 37.6 Å². The van der Waals surface area contributed by atoms with Gasteiger partial charge in [-0.25, -0.2) is 14.2 Å². The number of ether oxygens (including phenoxy) is 4. The number of methoxy groups -OCH3 is 3. The normalized spacial score (nSPS) is 11.5. The van der Waals surface area contributed by atoms with Gasteiger partial charge in [-0.3, -0.25) is 0 Å². The van der Waals surface area contributed by atoms with Gasteiger partial charge in [-0.2, -0.15) is 13.2 Å². The molecule has 2 aromatic rings. The first kappa shape index (κ1) is 23.4. The molecular formula is C19H20F4N2O5. The second kappa shape index (κ2) is 10.2. The molecule has 0 aliphatic rings. The fourth-order valence-electron chi connectivity index (χ4n) is 2.58. The summed E-state index contributed by atoms with van der Waals surface area (Å²) in [5.74, 6) is -3.34. The van der Waals surface area contributed by atoms with E-state index >= 15 is 0 Å². The van der Waals surface area contributed by atoms with Crippen molar-refractivity contribution in [2.24, 2.45) is 0 Å². The van der Waals surface area contributed by atoms with Crippen molar-refractivity contribution in [3.05, 3.63) is 47.4 Å². The van der Waals surface area contributed by atoms with Crippen LogP contribution in [0.5, 0.6) is 11.6 Å². The fraction of sp³-hybridized carbons (Fsp3) is 0.368. The standard InChI is InChI=1S/C19H20F4N2O5/c1-27-9-11(10-28-2)25-15-8-14(20)16(7-12(15)18(26)29-3)30-17-13(19(21,22)23)5-4-6-24-17/h4-8,11,25H,9-10H2,1-3H3. The molecule has 7 nitrogen and oxygen atoms in total. The van der Waals surface area contributed by atoms with Crippen LogP contribution in [-0.2, 0) is 20.4 Å². The minimum atomic E-state index is -4.76. The Labute approximate surface area is 169 Å². The Morgan fingerprint density at radius 1 is 1.17 bits per heavy atom. The summed E-state index contributed by atoms with van der Waals surface area (Å²) < 4.78 is 73.9. The van der Waals surface area contributed by atoms with Gasteiger partial charge in [-0.1, -0.05) is 0 Å². The summed E-state index contributed by atoms with van der Waals surface area (Å²) in [4.78, 5) is 15.7. The molecule has 164 valence electrons. The van der Waals surface area contributed by atoms with Gasteiger partial charge < -0.3 is 24.3 Å². The number of hydrogen-bond acceptors (Lipinski definition) is 7. The zero-order valence-corrected chi connectivity index (χ0v) is 16.4. The van der Waals surface area contributed by atoms with E-state index in [1.165, 1.54) is 14.2 Å². The van der Waals surface area contributed by atoms with E-state index in [0.717, 1.165) is 37.6 Å². The van der Waals surface area contributed by atoms with E-state index in [4.69, 9.17) is 14.2 Å². The molecule has 0 atom stereocenters. The predicted octanol–water partition coefficient (Wildman–Crippen LogP) is 3.89. The number of nitrogens with one attached hydrogen (secondary N) is 1. The number of benzene rings is 1. The van der Waals surface area contributed by atoms with E-state index in [-0.39, 0.29) is 24.5 Å². The lowest BCUT2D eigenvalue weighted by Gasteiger charge is -2.21. The van der Waals surface area contributed by atoms with Crippen molar-refractivity contribution in [1.29, 1.82) is 0 Å². The fourth-order valence-corrected chi connectivity index (χ4v) is 2.58. The van der Waals surface area contributed by atoms with Gasteiger partial charge in [0.2, 0.25) is 5.88 Å². The number of pyridine rings is 1. The number of carbonyl (C=O) groups is 1. The Kier molecular flexibility index (Phi) is 7.95. The number of rotatable bonds is 9. The number of halogens is 4. The smallest absolute Gasteiger partial charge is 0.421 e. The number of hydrogen-bond donors (Lipinski definition) is 1. The molecule has 1 heterocycles. The lowest BCUT2D eigenvalue weighted by molar-refractivity contribution is -0.138. The third-order valence-electron chi connectivity index (χ3n) is 3.86. The molecule has 0 bridgehead atoms. The molecule has 0 unspecified atom stereocenters. The molecule has 0 spiro atoms. The summed E-state index contributed by atoms with van der Waals surface area (Å²) >= 11 is 0. The molecular weight excluding hydrogens is 412 g/mol. The van der Waals surface area contributed by atoms with Crippen molar-refractivity contribution in [3.63, 3.8) is 0 Å². The lowest BCUT2D eigenvalue weighted by atomic mass is 10.1. The van der Waals surface area contributed by atoms with Gasteiger partial charge in [0.1, 0.15) is 5.56 Å². The SMILES string of the molecule is COCC(COC)Nc1cc(F)c(Oc2ncccc2C(F)(F)F)cc1C(=O)OC. The summed E-state index contributed by atoms with van der Waals surface area (Å²) in [6.07, 6.45) is -3.69. The minimum absolute atomic E-state index is 0.0304. The highest BCUT2D eigenvalue weighted by Gasteiger charge is 2.35. The Morgan fingerprint density at radius 3 is 2.40 bits per heavy atom. The molecule has 1 aromatic heterocycles. The number of aromatic nitrogens is 1. The summed E-state index contributed by atoms with van der Waals surface area (Å²) in [7, 11) is 4.01. The van der Waals surface area contributed by atoms with E-state index in [1.54, 1.807) is 0 Å². The molecule has 0 fully saturated rings. The molecule has 11 heteroatoms. The summed E-state index contributed by atoms with van der Waals surface area (Å²) in [5, 5.41) is 2.89. The number of nitrogens with zero attached hydrogens (tertiary/aromatic N) is 1. The van der Waals surface area contributed by atoms with E-state index in [9.17, 15) is 22.4 Å². The van der Waals surface area contributed by atoms with Gasteiger partial charge in [-0.15, -0.1) is 0 Å². The Balaban J connectivity index is 2.45. The maximum absolute atomic E-state index is 14.6. The van der Waals surface area contributed by atoms with E-state index < -0.39 is 41.2 Å². The first-order valence-electron chi connectivity index (χ1n) is 8.57. The van der Waals surface area contributed by atoms with Crippen LogP contribution in [0, 0.1) is 5.82 Å². The third kappa shape index (κ3) is 5.80. The highest BCUT2D eigenvalue weighted by Crippen LogP contribution is 2.38. The van der Waals surface area contributed by atoms with Gasteiger partial charge in [0, 0.05) is 32.5 Å². The van der Waals surface area contributed by atoms with Crippen LogP contribution in [0.2, 0.25) is 0 Å². The van der Waals surface area contributed by atoms with Crippen molar-refractivity contribution >= 4 is 11.7 Å². The molecule has 1 aromatic carbocycles. The largest absolute Gasteiger partial charge is 0.465 e. The summed E-state index contributed by atoms with van der Waals surface area (Å²) in [6.45, 7) is 0.356. The van der Waals surface area contributed by atoms with Crippen molar-refractivity contribution in [3.8, 4) is 11.6 Å². The maximum atomic E-state index is 14.6. The molecule has 30 heavy (non-hydrogen) atoms. The van der Waals surface area contributed by atoms with Crippen LogP contribution in [0.25, 0.3) is 0 Å². The van der Waals surface area contributed by atoms with Crippen molar-refractivity contribution in [1.82, 2.24) is 4.98 Å². The minimum Gasteiger partial charge on any atom is -0.465 e. The quantitative estimate of drug-likeness (QED) is 0.476. The molecule has 0 saturated carbocycles. The van der Waals surface area contributed by atoms with Crippen LogP contribution in [-0.4, -0.2) is 51.5 Å². The Morgan fingerprint density at radius 2 is 1.83 bits per heavy atom. The zero-order valence-electron chi connectivity index (χ0n) is 16.4. The maximum Gasteiger partial charge on any atom is 0.421 e. The summed E-state index contributed by atoms with van der Waals surface area (Å²) in [5.41, 5.74) is -1.31. The second-order valence-electron chi connectivity index (χ2n) is 6.03. The molecule has 0 radical (unpaired) electrons. The van der Waals surface area contributed by atoms with Crippen molar-refractivity contribution < 1.29 is 41.3 Å². The number of anilines is 1. The molecule has 0 aliphatic carbocycles. The van der Waals surface area contributed by atoms with Crippen LogP contribution < -0.4 is 10.1 Å². The molecule has 0 amide bonds. The van der Waals surface area contributed by atoms with Gasteiger partial charge >= 0.3 is 12.1 Å². The van der Waals surface area contributed by atoms with E-state index in [0.29, 0.717) is 0 Å². The van der Waals surface area contributed by atoms with Gasteiger partial charge in [-0.05, 0) is 12.1 Å². The van der Waals surface area contributed by atoms with Crippen molar-refractivity contribution in [2.45, 2.75) is 12.2 Å². The highest BCUT2D eigenvalue weighted by atomic mass is 19.4. The number of esters is 1. The van der Waals surface area contributed by atoms with Crippen LogP contribution in [0.15, 0.2) is 30.5 Å². The van der Waals surface area contributed by atoms with E-state index in [1.807, 2.05) is 0 Å². The van der Waals surface area contributed by atoms with Crippen LogP contribution in [0.3, 0.4) is 0 Å². The molecule has 0 aliphatic heterocycles. The van der Waals surface area contributed by atoms with Crippen LogP contribution in [0.1, 0.15) is 15.9 Å². The van der Waals surface area contributed by atoms with Crippen LogP contribution in [0.4, 0.5) is 23.2 Å². The second-order valence-corrected chi connectivity index (χ2v) is 6.03. The average Bonchev–Trinajstić information content (AvgIpc) is 2.69. The number of carbonyl (C=O) groups excluding carboxylic acids is 1. The predicted molar refractivity (Wildman–Crippen MR) is 98.2 cm³/mol. The van der Waals surface area contributed by atoms with Crippen LogP contribution >= 0.6 is 0 Å². The van der Waals surface area contributed by atoms with E-state index in [2.05, 4.69) is 15.0 Å². The number of alkyl halides is 3. The average molecular weight is 432 g/mol. The monoisotopic (exact) mass is 432 g/mol. The molecule has 2 rings (SSSR count). The lowest BCUT2D eigenvalue weighted by Crippen LogP contribution is -2.30. The Bertz CT molecular complexity index is 870.